The molecule has 23 heavy (non-hydrogen) atoms. The number of rotatable bonds is 4. The molecule has 3 rings (SSSR count). The number of nitrogens with zero attached hydrogens (tertiary/aromatic N) is 2. The summed E-state index contributed by atoms with van der Waals surface area (Å²) in [7, 11) is 1.58. The van der Waals surface area contributed by atoms with Crippen LogP contribution in [0, 0.1) is 0 Å². The molecule has 0 saturated carbocycles. The van der Waals surface area contributed by atoms with Crippen LogP contribution in [0.3, 0.4) is 0 Å². The highest BCUT2D eigenvalue weighted by Crippen LogP contribution is 2.44. The highest BCUT2D eigenvalue weighted by molar-refractivity contribution is 8.26. The van der Waals surface area contributed by atoms with Crippen molar-refractivity contribution in [1.29, 1.82) is 0 Å². The van der Waals surface area contributed by atoms with Crippen molar-refractivity contribution in [2.75, 3.05) is 31.7 Å². The number of amides is 2. The van der Waals surface area contributed by atoms with Gasteiger partial charge in [-0.25, -0.2) is 0 Å². The smallest absolute Gasteiger partial charge is 0.267 e. The number of benzene rings is 1. The van der Waals surface area contributed by atoms with Crippen molar-refractivity contribution >= 4 is 51.4 Å². The minimum absolute atomic E-state index is 0.138. The summed E-state index contributed by atoms with van der Waals surface area (Å²) in [5.41, 5.74) is 2.10. The van der Waals surface area contributed by atoms with E-state index >= 15 is 0 Å². The van der Waals surface area contributed by atoms with Gasteiger partial charge >= 0.3 is 0 Å². The molecule has 0 radical (unpaired) electrons. The van der Waals surface area contributed by atoms with Crippen LogP contribution in [0.15, 0.2) is 29.2 Å². The van der Waals surface area contributed by atoms with Crippen LogP contribution in [0.1, 0.15) is 12.5 Å². The zero-order valence-corrected chi connectivity index (χ0v) is 14.5. The van der Waals surface area contributed by atoms with Crippen molar-refractivity contribution in [3.8, 4) is 0 Å². The lowest BCUT2D eigenvalue weighted by atomic mass is 10.1. The minimum Gasteiger partial charge on any atom is -0.383 e. The first-order chi connectivity index (χ1) is 11.1. The molecular formula is C16H16N2O3S2. The molecule has 0 aromatic heterocycles. The Balaban J connectivity index is 2.07. The molecule has 1 fully saturated rings. The maximum absolute atomic E-state index is 12.8. The summed E-state index contributed by atoms with van der Waals surface area (Å²) in [6, 6.07) is 7.54. The van der Waals surface area contributed by atoms with Gasteiger partial charge in [-0.2, -0.15) is 0 Å². The fraction of sp³-hybridized carbons (Fsp3) is 0.312. The molecule has 1 aromatic carbocycles. The molecule has 0 N–H and O–H groups in total. The summed E-state index contributed by atoms with van der Waals surface area (Å²) in [5, 5.41) is 0. The fourth-order valence-corrected chi connectivity index (χ4v) is 4.12. The van der Waals surface area contributed by atoms with Crippen LogP contribution < -0.4 is 4.90 Å². The van der Waals surface area contributed by atoms with Crippen molar-refractivity contribution in [1.82, 2.24) is 4.90 Å². The van der Waals surface area contributed by atoms with Crippen LogP contribution in [0.4, 0.5) is 5.69 Å². The van der Waals surface area contributed by atoms with Gasteiger partial charge in [0.2, 0.25) is 0 Å². The first-order valence-corrected chi connectivity index (χ1v) is 8.50. The zero-order valence-electron chi connectivity index (χ0n) is 12.9. The van der Waals surface area contributed by atoms with Crippen molar-refractivity contribution < 1.29 is 14.3 Å². The molecule has 7 heteroatoms. The Morgan fingerprint density at radius 1 is 1.17 bits per heavy atom. The number of para-hydroxylation sites is 1. The van der Waals surface area contributed by atoms with Crippen molar-refractivity contribution in [2.24, 2.45) is 0 Å². The van der Waals surface area contributed by atoms with Gasteiger partial charge in [-0.3, -0.25) is 14.5 Å². The molecule has 2 heterocycles. The Hall–Kier alpha value is -1.70. The number of fused-ring (bicyclic) bond motifs is 1. The fourth-order valence-electron chi connectivity index (χ4n) is 2.74. The molecule has 0 atom stereocenters. The Kier molecular flexibility index (Phi) is 4.52. The van der Waals surface area contributed by atoms with Crippen molar-refractivity contribution in [3.05, 3.63) is 34.7 Å². The van der Waals surface area contributed by atoms with Crippen LogP contribution in [0.2, 0.25) is 0 Å². The second-order valence-electron chi connectivity index (χ2n) is 5.09. The molecule has 0 aliphatic carbocycles. The van der Waals surface area contributed by atoms with Gasteiger partial charge in [0.05, 0.1) is 29.3 Å². The maximum atomic E-state index is 12.8. The average molecular weight is 348 g/mol. The van der Waals surface area contributed by atoms with Crippen LogP contribution in [-0.2, 0) is 14.3 Å². The molecule has 0 spiro atoms. The highest BCUT2D eigenvalue weighted by Gasteiger charge is 2.41. The van der Waals surface area contributed by atoms with E-state index in [9.17, 15) is 9.59 Å². The van der Waals surface area contributed by atoms with Gasteiger partial charge in [-0.1, -0.05) is 42.2 Å². The molecule has 2 aliphatic heterocycles. The normalized spacial score (nSPS) is 20.7. The van der Waals surface area contributed by atoms with E-state index in [0.717, 1.165) is 11.3 Å². The van der Waals surface area contributed by atoms with Crippen molar-refractivity contribution in [2.45, 2.75) is 6.92 Å². The van der Waals surface area contributed by atoms with Crippen LogP contribution in [0.25, 0.3) is 5.57 Å². The zero-order chi connectivity index (χ0) is 16.6. The second-order valence-corrected chi connectivity index (χ2v) is 6.73. The number of ether oxygens (including phenoxy) is 1. The standard InChI is InChI=1S/C16H16N2O3S2/c1-3-17-11-7-5-4-6-10(11)12(14(17)19)13-15(20)18(8-9-21-2)16(22)23-13/h4-7H,3,8-9H2,1-2H3/b13-12+. The SMILES string of the molecule is CCN1C(=O)/C(=C2/SC(=S)N(CCOC)C2=O)c2ccccc21. The third-order valence-corrected chi connectivity index (χ3v) is 5.28. The van der Waals surface area contributed by atoms with Gasteiger partial charge in [-0.15, -0.1) is 0 Å². The molecular weight excluding hydrogens is 332 g/mol. The van der Waals surface area contributed by atoms with E-state index in [4.69, 9.17) is 17.0 Å². The van der Waals surface area contributed by atoms with Crippen LogP contribution >= 0.6 is 24.0 Å². The van der Waals surface area contributed by atoms with E-state index in [1.807, 2.05) is 31.2 Å². The summed E-state index contributed by atoms with van der Waals surface area (Å²) in [4.78, 5) is 29.1. The Labute approximate surface area is 144 Å². The lowest BCUT2D eigenvalue weighted by Gasteiger charge is -2.14. The quantitative estimate of drug-likeness (QED) is 0.617. The predicted molar refractivity (Wildman–Crippen MR) is 95.2 cm³/mol. The van der Waals surface area contributed by atoms with Gasteiger partial charge in [0, 0.05) is 19.2 Å². The largest absolute Gasteiger partial charge is 0.383 e. The number of carbonyl (C=O) groups is 2. The number of thiocarbonyl (C=S) groups is 1. The van der Waals surface area contributed by atoms with E-state index in [1.165, 1.54) is 16.7 Å². The number of hydrogen-bond acceptors (Lipinski definition) is 5. The molecule has 120 valence electrons. The van der Waals surface area contributed by atoms with Crippen LogP contribution in [-0.4, -0.2) is 47.8 Å². The summed E-state index contributed by atoms with van der Waals surface area (Å²) in [6.45, 7) is 3.27. The van der Waals surface area contributed by atoms with Gasteiger partial charge in [0.1, 0.15) is 4.32 Å². The second kappa shape index (κ2) is 6.43. The number of methoxy groups -OCH3 is 1. The van der Waals surface area contributed by atoms with E-state index in [-0.39, 0.29) is 11.8 Å². The van der Waals surface area contributed by atoms with Crippen molar-refractivity contribution in [3.63, 3.8) is 0 Å². The topological polar surface area (TPSA) is 49.9 Å². The molecule has 2 amide bonds. The summed E-state index contributed by atoms with van der Waals surface area (Å²) < 4.78 is 5.49. The Morgan fingerprint density at radius 3 is 2.61 bits per heavy atom. The number of likely N-dealkylation sites (N-methyl/N-ethyl adjacent to an activating group) is 1. The molecule has 0 bridgehead atoms. The number of hydrogen-bond donors (Lipinski definition) is 0. The van der Waals surface area contributed by atoms with E-state index in [2.05, 4.69) is 0 Å². The molecule has 1 saturated heterocycles. The molecule has 0 unspecified atom stereocenters. The van der Waals surface area contributed by atoms with Gasteiger partial charge < -0.3 is 9.64 Å². The Bertz CT molecular complexity index is 730. The Morgan fingerprint density at radius 2 is 1.91 bits per heavy atom. The van der Waals surface area contributed by atoms with Gasteiger partial charge in [0.15, 0.2) is 0 Å². The highest BCUT2D eigenvalue weighted by atomic mass is 32.2. The molecule has 5 nitrogen and oxygen atoms in total. The summed E-state index contributed by atoms with van der Waals surface area (Å²) in [6.07, 6.45) is 0. The van der Waals surface area contributed by atoms with Gasteiger partial charge in [-0.05, 0) is 13.0 Å². The third kappa shape index (κ3) is 2.58. The third-order valence-electron chi connectivity index (χ3n) is 3.83. The maximum Gasteiger partial charge on any atom is 0.267 e. The summed E-state index contributed by atoms with van der Waals surface area (Å²) in [5.74, 6) is -0.353. The lowest BCUT2D eigenvalue weighted by molar-refractivity contribution is -0.123. The first-order valence-electron chi connectivity index (χ1n) is 7.28. The first kappa shape index (κ1) is 16.2. The minimum atomic E-state index is -0.215. The lowest BCUT2D eigenvalue weighted by Crippen LogP contribution is -2.32. The monoisotopic (exact) mass is 348 g/mol. The number of anilines is 1. The van der Waals surface area contributed by atoms with Crippen LogP contribution in [0.5, 0.6) is 0 Å². The molecule has 1 aromatic rings. The van der Waals surface area contributed by atoms with Gasteiger partial charge in [0.25, 0.3) is 11.8 Å². The number of thioether (sulfide) groups is 1. The van der Waals surface area contributed by atoms with E-state index in [0.29, 0.717) is 34.5 Å². The summed E-state index contributed by atoms with van der Waals surface area (Å²) >= 11 is 6.49. The van der Waals surface area contributed by atoms with E-state index < -0.39 is 0 Å². The molecule has 2 aliphatic rings. The predicted octanol–water partition coefficient (Wildman–Crippen LogP) is 2.27. The number of carbonyl (C=O) groups excluding carboxylic acids is 2. The average Bonchev–Trinajstić information content (AvgIpc) is 2.98. The van der Waals surface area contributed by atoms with E-state index in [1.54, 1.807) is 12.0 Å².